The SMILES string of the molecule is CC(C)CCCC(C)NC(=O)N1CCCC(C(=O)O)C1. The van der Waals surface area contributed by atoms with E-state index in [1.165, 1.54) is 6.42 Å². The van der Waals surface area contributed by atoms with Crippen molar-refractivity contribution < 1.29 is 14.7 Å². The molecule has 2 N–H and O–H groups in total. The molecule has 2 atom stereocenters. The minimum absolute atomic E-state index is 0.118. The van der Waals surface area contributed by atoms with Crippen molar-refractivity contribution in [1.29, 1.82) is 0 Å². The van der Waals surface area contributed by atoms with Gasteiger partial charge in [0.2, 0.25) is 0 Å². The Bertz CT molecular complexity index is 331. The van der Waals surface area contributed by atoms with E-state index in [1.807, 2.05) is 6.92 Å². The second-order valence-electron chi connectivity index (χ2n) is 6.30. The molecule has 0 aromatic carbocycles. The Morgan fingerprint density at radius 1 is 1.30 bits per heavy atom. The zero-order valence-corrected chi connectivity index (χ0v) is 12.9. The fourth-order valence-corrected chi connectivity index (χ4v) is 2.57. The third-order valence-corrected chi connectivity index (χ3v) is 3.85. The fourth-order valence-electron chi connectivity index (χ4n) is 2.57. The summed E-state index contributed by atoms with van der Waals surface area (Å²) in [4.78, 5) is 24.7. The lowest BCUT2D eigenvalue weighted by Crippen LogP contribution is -2.49. The van der Waals surface area contributed by atoms with Crippen LogP contribution in [0.5, 0.6) is 0 Å². The molecule has 2 amide bonds. The van der Waals surface area contributed by atoms with Crippen molar-refractivity contribution in [2.45, 2.75) is 58.9 Å². The first-order valence-electron chi connectivity index (χ1n) is 7.68. The van der Waals surface area contributed by atoms with Gasteiger partial charge in [0.15, 0.2) is 0 Å². The Hall–Kier alpha value is -1.26. The molecule has 5 heteroatoms. The van der Waals surface area contributed by atoms with Gasteiger partial charge in [-0.05, 0) is 32.1 Å². The van der Waals surface area contributed by atoms with Crippen LogP contribution >= 0.6 is 0 Å². The summed E-state index contributed by atoms with van der Waals surface area (Å²) in [6.07, 6.45) is 4.69. The number of carboxylic acid groups (broad SMARTS) is 1. The lowest BCUT2D eigenvalue weighted by Gasteiger charge is -2.31. The molecular weight excluding hydrogens is 256 g/mol. The highest BCUT2D eigenvalue weighted by atomic mass is 16.4. The summed E-state index contributed by atoms with van der Waals surface area (Å²) in [6.45, 7) is 7.40. The Labute approximate surface area is 121 Å². The molecule has 0 aliphatic carbocycles. The molecule has 1 aliphatic rings. The van der Waals surface area contributed by atoms with Crippen molar-refractivity contribution in [3.8, 4) is 0 Å². The number of carbonyl (C=O) groups excluding carboxylic acids is 1. The second kappa shape index (κ2) is 8.12. The summed E-state index contributed by atoms with van der Waals surface area (Å²) in [5, 5.41) is 12.0. The molecule has 1 saturated heterocycles. The maximum absolute atomic E-state index is 12.1. The van der Waals surface area contributed by atoms with Crippen LogP contribution in [0.1, 0.15) is 52.9 Å². The zero-order valence-electron chi connectivity index (χ0n) is 12.9. The molecule has 116 valence electrons. The molecule has 1 heterocycles. The maximum Gasteiger partial charge on any atom is 0.317 e. The number of nitrogens with zero attached hydrogens (tertiary/aromatic N) is 1. The number of urea groups is 1. The molecule has 0 aromatic rings. The first-order chi connectivity index (χ1) is 9.40. The van der Waals surface area contributed by atoms with E-state index in [0.717, 1.165) is 19.3 Å². The monoisotopic (exact) mass is 284 g/mol. The quantitative estimate of drug-likeness (QED) is 0.788. The van der Waals surface area contributed by atoms with Crippen LogP contribution in [0, 0.1) is 11.8 Å². The summed E-state index contributed by atoms with van der Waals surface area (Å²) < 4.78 is 0. The number of amides is 2. The Kier molecular flexibility index (Phi) is 6.82. The molecule has 0 aromatic heterocycles. The second-order valence-corrected chi connectivity index (χ2v) is 6.30. The average molecular weight is 284 g/mol. The van der Waals surface area contributed by atoms with Crippen LogP contribution in [0.15, 0.2) is 0 Å². The van der Waals surface area contributed by atoms with Gasteiger partial charge in [0.1, 0.15) is 0 Å². The van der Waals surface area contributed by atoms with Crippen LogP contribution in [-0.4, -0.2) is 41.1 Å². The zero-order chi connectivity index (χ0) is 15.1. The number of aliphatic carboxylic acids is 1. The van der Waals surface area contributed by atoms with Crippen molar-refractivity contribution in [2.24, 2.45) is 11.8 Å². The number of likely N-dealkylation sites (tertiary alicyclic amines) is 1. The number of carboxylic acids is 1. The molecule has 0 bridgehead atoms. The van der Waals surface area contributed by atoms with Crippen LogP contribution in [0.2, 0.25) is 0 Å². The number of nitrogens with one attached hydrogen (secondary N) is 1. The Morgan fingerprint density at radius 3 is 2.60 bits per heavy atom. The van der Waals surface area contributed by atoms with Gasteiger partial charge in [0, 0.05) is 19.1 Å². The van der Waals surface area contributed by atoms with E-state index in [2.05, 4.69) is 19.2 Å². The van der Waals surface area contributed by atoms with Gasteiger partial charge in [-0.2, -0.15) is 0 Å². The number of hydrogen-bond acceptors (Lipinski definition) is 2. The highest BCUT2D eigenvalue weighted by molar-refractivity contribution is 5.76. The molecular formula is C15H28N2O3. The predicted octanol–water partition coefficient (Wildman–Crippen LogP) is 2.71. The van der Waals surface area contributed by atoms with E-state index in [-0.39, 0.29) is 12.1 Å². The number of piperidine rings is 1. The summed E-state index contributed by atoms with van der Waals surface area (Å²) in [5.41, 5.74) is 0. The minimum atomic E-state index is -0.799. The van der Waals surface area contributed by atoms with Crippen molar-refractivity contribution in [1.82, 2.24) is 10.2 Å². The molecule has 1 aliphatic heterocycles. The number of rotatable bonds is 6. The van der Waals surface area contributed by atoms with Crippen LogP contribution in [-0.2, 0) is 4.79 Å². The first-order valence-corrected chi connectivity index (χ1v) is 7.68. The molecule has 1 rings (SSSR count). The molecule has 1 fully saturated rings. The molecule has 2 unspecified atom stereocenters. The van der Waals surface area contributed by atoms with Crippen LogP contribution in [0.4, 0.5) is 4.79 Å². The van der Waals surface area contributed by atoms with E-state index in [0.29, 0.717) is 25.4 Å². The summed E-state index contributed by atoms with van der Waals surface area (Å²) >= 11 is 0. The largest absolute Gasteiger partial charge is 0.481 e. The topological polar surface area (TPSA) is 69.6 Å². The smallest absolute Gasteiger partial charge is 0.317 e. The molecule has 5 nitrogen and oxygen atoms in total. The highest BCUT2D eigenvalue weighted by Crippen LogP contribution is 2.17. The van der Waals surface area contributed by atoms with Gasteiger partial charge in [0.25, 0.3) is 0 Å². The van der Waals surface area contributed by atoms with Gasteiger partial charge < -0.3 is 15.3 Å². The van der Waals surface area contributed by atoms with Gasteiger partial charge in [0.05, 0.1) is 5.92 Å². The summed E-state index contributed by atoms with van der Waals surface area (Å²) in [7, 11) is 0. The van der Waals surface area contributed by atoms with E-state index in [9.17, 15) is 9.59 Å². The van der Waals surface area contributed by atoms with Crippen LogP contribution in [0.3, 0.4) is 0 Å². The molecule has 0 radical (unpaired) electrons. The lowest BCUT2D eigenvalue weighted by molar-refractivity contribution is -0.143. The molecule has 0 saturated carbocycles. The third-order valence-electron chi connectivity index (χ3n) is 3.85. The van der Waals surface area contributed by atoms with Crippen molar-refractivity contribution >= 4 is 12.0 Å². The highest BCUT2D eigenvalue weighted by Gasteiger charge is 2.28. The van der Waals surface area contributed by atoms with E-state index in [1.54, 1.807) is 4.90 Å². The number of hydrogen-bond donors (Lipinski definition) is 2. The van der Waals surface area contributed by atoms with Gasteiger partial charge in [-0.15, -0.1) is 0 Å². The van der Waals surface area contributed by atoms with Gasteiger partial charge in [-0.1, -0.05) is 26.7 Å². The standard InChI is InChI=1S/C15H28N2O3/c1-11(2)6-4-7-12(3)16-15(20)17-9-5-8-13(10-17)14(18)19/h11-13H,4-10H2,1-3H3,(H,16,20)(H,18,19). The summed E-state index contributed by atoms with van der Waals surface area (Å²) in [5.74, 6) is -0.519. The van der Waals surface area contributed by atoms with E-state index < -0.39 is 11.9 Å². The minimum Gasteiger partial charge on any atom is -0.481 e. The van der Waals surface area contributed by atoms with Crippen molar-refractivity contribution in [3.05, 3.63) is 0 Å². The Morgan fingerprint density at radius 2 is 2.00 bits per heavy atom. The molecule has 0 spiro atoms. The van der Waals surface area contributed by atoms with Gasteiger partial charge in [-0.25, -0.2) is 4.79 Å². The third kappa shape index (κ3) is 5.80. The van der Waals surface area contributed by atoms with Gasteiger partial charge >= 0.3 is 12.0 Å². The van der Waals surface area contributed by atoms with Crippen molar-refractivity contribution in [3.63, 3.8) is 0 Å². The molecule has 20 heavy (non-hydrogen) atoms. The van der Waals surface area contributed by atoms with E-state index >= 15 is 0 Å². The fraction of sp³-hybridized carbons (Fsp3) is 0.867. The summed E-state index contributed by atoms with van der Waals surface area (Å²) in [6, 6.07) is 0.0273. The normalized spacial score (nSPS) is 20.8. The Balaban J connectivity index is 2.32. The number of carbonyl (C=O) groups is 2. The maximum atomic E-state index is 12.1. The predicted molar refractivity (Wildman–Crippen MR) is 78.6 cm³/mol. The van der Waals surface area contributed by atoms with Gasteiger partial charge in [-0.3, -0.25) is 4.79 Å². The average Bonchev–Trinajstić information content (AvgIpc) is 2.38. The van der Waals surface area contributed by atoms with Crippen LogP contribution < -0.4 is 5.32 Å². The van der Waals surface area contributed by atoms with E-state index in [4.69, 9.17) is 5.11 Å². The van der Waals surface area contributed by atoms with Crippen molar-refractivity contribution in [2.75, 3.05) is 13.1 Å². The first kappa shape index (κ1) is 16.8. The lowest BCUT2D eigenvalue weighted by atomic mass is 9.98. The van der Waals surface area contributed by atoms with Crippen LogP contribution in [0.25, 0.3) is 0 Å².